The lowest BCUT2D eigenvalue weighted by atomic mass is 10.0. The van der Waals surface area contributed by atoms with E-state index in [0.29, 0.717) is 16.6 Å². The van der Waals surface area contributed by atoms with E-state index in [1.807, 2.05) is 30.3 Å². The predicted molar refractivity (Wildman–Crippen MR) is 105 cm³/mol. The summed E-state index contributed by atoms with van der Waals surface area (Å²) in [6.07, 6.45) is -3.11. The Morgan fingerprint density at radius 1 is 0.964 bits per heavy atom. The number of pyridine rings is 1. The van der Waals surface area contributed by atoms with Crippen LogP contribution in [0.2, 0.25) is 10.0 Å². The van der Waals surface area contributed by atoms with E-state index < -0.39 is 11.9 Å². The van der Waals surface area contributed by atoms with Crippen molar-refractivity contribution in [1.82, 2.24) is 14.4 Å². The van der Waals surface area contributed by atoms with Gasteiger partial charge in [0.1, 0.15) is 11.3 Å². The highest BCUT2D eigenvalue weighted by Crippen LogP contribution is 2.43. The molecule has 0 unspecified atom stereocenters. The summed E-state index contributed by atoms with van der Waals surface area (Å²) in [5.41, 5.74) is 1.67. The van der Waals surface area contributed by atoms with E-state index in [0.717, 1.165) is 9.96 Å². The highest BCUT2D eigenvalue weighted by atomic mass is 35.5. The molecule has 3 heterocycles. The Balaban J connectivity index is 2.10. The fraction of sp³-hybridized carbons (Fsp3) is 0.0500. The van der Waals surface area contributed by atoms with Gasteiger partial charge in [0, 0.05) is 17.1 Å². The summed E-state index contributed by atoms with van der Waals surface area (Å²) < 4.78 is 43.5. The third-order valence-corrected chi connectivity index (χ3v) is 5.45. The molecule has 8 heteroatoms. The van der Waals surface area contributed by atoms with Crippen molar-refractivity contribution < 1.29 is 13.2 Å². The topological polar surface area (TPSA) is 33.1 Å². The summed E-state index contributed by atoms with van der Waals surface area (Å²) in [5, 5.41) is 0.460. The zero-order valence-corrected chi connectivity index (χ0v) is 15.5. The molecule has 0 saturated carbocycles. The summed E-state index contributed by atoms with van der Waals surface area (Å²) >= 11 is 12.2. The smallest absolute Gasteiger partial charge is 0.361 e. The van der Waals surface area contributed by atoms with Gasteiger partial charge in [-0.3, -0.25) is 4.40 Å². The molecule has 0 radical (unpaired) electrons. The van der Waals surface area contributed by atoms with Crippen LogP contribution in [0, 0.1) is 0 Å². The fourth-order valence-corrected chi connectivity index (χ4v) is 3.95. The van der Waals surface area contributed by atoms with Crippen LogP contribution in [0.5, 0.6) is 0 Å². The van der Waals surface area contributed by atoms with Crippen molar-refractivity contribution in [3.05, 3.63) is 70.5 Å². The van der Waals surface area contributed by atoms with Gasteiger partial charge in [0.15, 0.2) is 0 Å². The molecule has 0 aliphatic heterocycles. The third-order valence-electron chi connectivity index (χ3n) is 4.73. The lowest BCUT2D eigenvalue weighted by molar-refractivity contribution is -0.140. The van der Waals surface area contributed by atoms with Gasteiger partial charge in [-0.1, -0.05) is 53.5 Å². The summed E-state index contributed by atoms with van der Waals surface area (Å²) in [5.74, 6) is 0. The normalized spacial score (nSPS) is 12.5. The number of nitrogens with one attached hydrogen (secondary N) is 1. The number of fused-ring (bicyclic) bond motifs is 4. The Morgan fingerprint density at radius 2 is 1.68 bits per heavy atom. The quantitative estimate of drug-likeness (QED) is 0.312. The number of H-pyrrole nitrogens is 1. The molecule has 0 saturated heterocycles. The number of imidazole rings is 1. The molecule has 2 aromatic carbocycles. The average Bonchev–Trinajstić information content (AvgIpc) is 3.24. The average molecular weight is 420 g/mol. The molecular formula is C20H10Cl2F3N3. The van der Waals surface area contributed by atoms with Crippen LogP contribution >= 0.6 is 23.2 Å². The summed E-state index contributed by atoms with van der Waals surface area (Å²) in [6.45, 7) is 0. The van der Waals surface area contributed by atoms with Gasteiger partial charge in [0.25, 0.3) is 0 Å². The second-order valence-electron chi connectivity index (χ2n) is 6.38. The Morgan fingerprint density at radius 3 is 2.39 bits per heavy atom. The monoisotopic (exact) mass is 419 g/mol. The lowest BCUT2D eigenvalue weighted by Gasteiger charge is -2.15. The standard InChI is InChI=1S/C20H10Cl2F3N3/c21-12-8-14-15(9-13(12)22)28-18(20(23,24)25)11-6-7-26-17(11)16(19(28)27-14)10-4-2-1-3-5-10/h1-9,26H. The minimum atomic E-state index is -4.60. The number of aromatic nitrogens is 3. The molecule has 3 nitrogen and oxygen atoms in total. The van der Waals surface area contributed by atoms with Crippen molar-refractivity contribution in [2.45, 2.75) is 6.18 Å². The van der Waals surface area contributed by atoms with Crippen molar-refractivity contribution >= 4 is 50.8 Å². The Hall–Kier alpha value is -2.70. The second-order valence-corrected chi connectivity index (χ2v) is 7.19. The zero-order chi connectivity index (χ0) is 19.6. The van der Waals surface area contributed by atoms with Gasteiger partial charge in [0.2, 0.25) is 0 Å². The van der Waals surface area contributed by atoms with E-state index in [2.05, 4.69) is 9.97 Å². The van der Waals surface area contributed by atoms with Crippen LogP contribution in [-0.4, -0.2) is 14.4 Å². The van der Waals surface area contributed by atoms with Crippen molar-refractivity contribution in [3.63, 3.8) is 0 Å². The van der Waals surface area contributed by atoms with Crippen molar-refractivity contribution in [3.8, 4) is 11.1 Å². The maximum Gasteiger partial charge on any atom is 0.432 e. The number of hydrogen-bond donors (Lipinski definition) is 1. The number of rotatable bonds is 1. The van der Waals surface area contributed by atoms with Crippen molar-refractivity contribution in [1.29, 1.82) is 0 Å². The van der Waals surface area contributed by atoms with E-state index in [4.69, 9.17) is 23.2 Å². The molecule has 0 aliphatic carbocycles. The molecule has 140 valence electrons. The van der Waals surface area contributed by atoms with Gasteiger partial charge < -0.3 is 4.98 Å². The minimum absolute atomic E-state index is 0.0595. The molecule has 3 aromatic heterocycles. The van der Waals surface area contributed by atoms with Gasteiger partial charge in [-0.05, 0) is 23.8 Å². The highest BCUT2D eigenvalue weighted by Gasteiger charge is 2.38. The number of halogens is 5. The van der Waals surface area contributed by atoms with E-state index >= 15 is 0 Å². The predicted octanol–water partition coefficient (Wildman–Crippen LogP) is 6.96. The third kappa shape index (κ3) is 2.41. The molecule has 1 N–H and O–H groups in total. The second kappa shape index (κ2) is 5.90. The van der Waals surface area contributed by atoms with Gasteiger partial charge in [-0.15, -0.1) is 0 Å². The zero-order valence-electron chi connectivity index (χ0n) is 14.0. The van der Waals surface area contributed by atoms with Gasteiger partial charge >= 0.3 is 6.18 Å². The summed E-state index contributed by atoms with van der Waals surface area (Å²) in [7, 11) is 0. The first kappa shape index (κ1) is 17.4. The molecule has 0 bridgehead atoms. The van der Waals surface area contributed by atoms with Gasteiger partial charge in [-0.25, -0.2) is 4.98 Å². The number of nitrogens with zero attached hydrogens (tertiary/aromatic N) is 2. The van der Waals surface area contributed by atoms with Crippen LogP contribution in [0.25, 0.3) is 38.7 Å². The van der Waals surface area contributed by atoms with Gasteiger partial charge in [-0.2, -0.15) is 13.2 Å². The first-order valence-corrected chi connectivity index (χ1v) is 9.04. The summed E-state index contributed by atoms with van der Waals surface area (Å²) in [4.78, 5) is 7.45. The molecule has 0 spiro atoms. The highest BCUT2D eigenvalue weighted by molar-refractivity contribution is 6.42. The largest absolute Gasteiger partial charge is 0.432 e. The SMILES string of the molecule is FC(F)(F)c1c2cc[nH]c2c(-c2ccccc2)c2nc3cc(Cl)c(Cl)cc3n12. The molecule has 28 heavy (non-hydrogen) atoms. The first-order chi connectivity index (χ1) is 13.4. The minimum Gasteiger partial charge on any atom is -0.361 e. The maximum absolute atomic E-state index is 14.1. The van der Waals surface area contributed by atoms with E-state index in [1.165, 1.54) is 24.4 Å². The van der Waals surface area contributed by atoms with Crippen molar-refractivity contribution in [2.75, 3.05) is 0 Å². The van der Waals surface area contributed by atoms with Crippen LogP contribution in [0.15, 0.2) is 54.7 Å². The van der Waals surface area contributed by atoms with Crippen LogP contribution in [-0.2, 0) is 6.18 Å². The fourth-order valence-electron chi connectivity index (χ4n) is 3.63. The molecule has 5 aromatic rings. The van der Waals surface area contributed by atoms with E-state index in [-0.39, 0.29) is 26.6 Å². The molecular weight excluding hydrogens is 410 g/mol. The molecule has 0 fully saturated rings. The molecule has 0 amide bonds. The van der Waals surface area contributed by atoms with Crippen molar-refractivity contribution in [2.24, 2.45) is 0 Å². The number of aromatic amines is 1. The lowest BCUT2D eigenvalue weighted by Crippen LogP contribution is -2.13. The van der Waals surface area contributed by atoms with Crippen LogP contribution < -0.4 is 0 Å². The van der Waals surface area contributed by atoms with Crippen LogP contribution in [0.1, 0.15) is 5.69 Å². The number of alkyl halides is 3. The Kier molecular flexibility index (Phi) is 3.66. The van der Waals surface area contributed by atoms with E-state index in [1.54, 1.807) is 0 Å². The van der Waals surface area contributed by atoms with Crippen LogP contribution in [0.4, 0.5) is 13.2 Å². The number of benzene rings is 2. The number of hydrogen-bond acceptors (Lipinski definition) is 1. The Bertz CT molecular complexity index is 1370. The maximum atomic E-state index is 14.1. The van der Waals surface area contributed by atoms with Gasteiger partial charge in [0.05, 0.1) is 26.6 Å². The molecule has 0 atom stereocenters. The molecule has 0 aliphatic rings. The Labute approximate surface area is 166 Å². The van der Waals surface area contributed by atoms with E-state index in [9.17, 15) is 13.2 Å². The molecule has 5 rings (SSSR count). The van der Waals surface area contributed by atoms with Crippen LogP contribution in [0.3, 0.4) is 0 Å². The summed E-state index contributed by atoms with van der Waals surface area (Å²) in [6, 6.07) is 13.5. The first-order valence-electron chi connectivity index (χ1n) is 8.29.